The number of thiophene rings is 2. The maximum atomic E-state index is 14.1. The number of nitrogens with one attached hydrogen (secondary N) is 3. The summed E-state index contributed by atoms with van der Waals surface area (Å²) in [6.45, 7) is 16.1. The van der Waals surface area contributed by atoms with E-state index in [0.29, 0.717) is 17.4 Å². The number of fused-ring (bicyclic) bond motifs is 3. The Balaban J connectivity index is 0.753. The largest absolute Gasteiger partial charge is 0.391 e. The van der Waals surface area contributed by atoms with Gasteiger partial charge >= 0.3 is 0 Å². The van der Waals surface area contributed by atoms with Gasteiger partial charge in [0.05, 0.1) is 43.6 Å². The number of carbonyl (C=O) groups is 4. The van der Waals surface area contributed by atoms with Gasteiger partial charge in [-0.3, -0.25) is 33.4 Å². The molecule has 2 aliphatic heterocycles. The van der Waals surface area contributed by atoms with Gasteiger partial charge in [-0.25, -0.2) is 0 Å². The van der Waals surface area contributed by atoms with Crippen molar-refractivity contribution in [2.24, 2.45) is 10.4 Å². The Kier molecular flexibility index (Phi) is 16.2. The molecule has 7 aromatic rings. The van der Waals surface area contributed by atoms with Crippen LogP contribution in [-0.2, 0) is 37.0 Å². The van der Waals surface area contributed by atoms with E-state index in [-0.39, 0.29) is 57.0 Å². The van der Waals surface area contributed by atoms with E-state index in [4.69, 9.17) is 21.3 Å². The molecule has 396 valence electrons. The number of likely N-dealkylation sites (tertiary alicyclic amines) is 1. The van der Waals surface area contributed by atoms with Gasteiger partial charge in [-0.1, -0.05) is 93.0 Å². The molecule has 16 nitrogen and oxygen atoms in total. The first-order valence-corrected chi connectivity index (χ1v) is 27.5. The lowest BCUT2D eigenvalue weighted by Crippen LogP contribution is -2.58. The van der Waals surface area contributed by atoms with Gasteiger partial charge in [-0.2, -0.15) is 5.10 Å². The summed E-state index contributed by atoms with van der Waals surface area (Å²) in [6, 6.07) is 22.9. The summed E-state index contributed by atoms with van der Waals surface area (Å²) >= 11 is 9.63. The zero-order chi connectivity index (χ0) is 54.0. The Hall–Kier alpha value is -6.83. The highest BCUT2D eigenvalue weighted by atomic mass is 35.5. The van der Waals surface area contributed by atoms with E-state index >= 15 is 0 Å². The third-order valence-electron chi connectivity index (χ3n) is 14.0. The molecule has 5 atom stereocenters. The lowest BCUT2D eigenvalue weighted by Gasteiger charge is -2.35. The molecule has 0 bridgehead atoms. The number of nitrogens with zero attached hydrogens (tertiary/aromatic N) is 7. The molecular formula is C57H63ClN10O6S2. The van der Waals surface area contributed by atoms with Crippen LogP contribution in [0.3, 0.4) is 0 Å². The highest BCUT2D eigenvalue weighted by Gasteiger charge is 2.44. The van der Waals surface area contributed by atoms with Crippen molar-refractivity contribution >= 4 is 63.6 Å². The van der Waals surface area contributed by atoms with Crippen molar-refractivity contribution in [1.82, 2.24) is 45.4 Å². The first-order valence-electron chi connectivity index (χ1n) is 25.4. The average Bonchev–Trinajstić information content (AvgIpc) is 4.25. The van der Waals surface area contributed by atoms with E-state index in [2.05, 4.69) is 63.5 Å². The number of ether oxygens (including phenoxy) is 1. The molecule has 76 heavy (non-hydrogen) atoms. The number of carbonyl (C=O) groups excluding carboxylic acids is 4. The maximum Gasteiger partial charge on any atom is 0.246 e. The summed E-state index contributed by atoms with van der Waals surface area (Å²) in [6.07, 6.45) is 2.93. The van der Waals surface area contributed by atoms with Crippen LogP contribution in [0.4, 0.5) is 0 Å². The standard InChI is InChI=1S/C57H63ClN10O6S2/c1-32-21-24-75-51(32)41-11-9-37(10-12-41)27-59-54(72)46-25-44(69)30-67(46)55(73)52(57(6,7)8)63-48(71)31-74-23-22-66-29-42(28-60-66)39-15-13-38(14-16-39)34(3)61-47(70)26-45-53-65-64-36(5)68(53)56-49(33(2)35(4)76-56)50(62-45)40-17-19-43(58)20-18-40/h9-21,24,28-29,34,44-46,52,69H,22-23,25-27,30-31H2,1-8H3,(H,59,72)(H,61,70)(H,63,71)/t34-,44+,45-,46-,52+/m0/s1. The normalized spacial score (nSPS) is 17.1. The molecule has 0 spiro atoms. The van der Waals surface area contributed by atoms with Crippen LogP contribution in [0.2, 0.25) is 5.02 Å². The molecule has 19 heteroatoms. The number of benzene rings is 3. The van der Waals surface area contributed by atoms with Gasteiger partial charge in [-0.15, -0.1) is 32.9 Å². The predicted molar refractivity (Wildman–Crippen MR) is 297 cm³/mol. The summed E-state index contributed by atoms with van der Waals surface area (Å²) in [5, 5.41) is 36.8. The molecule has 4 N–H and O–H groups in total. The van der Waals surface area contributed by atoms with Crippen LogP contribution in [0.1, 0.15) is 103 Å². The number of aryl methyl sites for hydroxylation is 3. The minimum Gasteiger partial charge on any atom is -0.391 e. The first-order chi connectivity index (χ1) is 36.3. The van der Waals surface area contributed by atoms with Gasteiger partial charge in [0.1, 0.15) is 35.6 Å². The predicted octanol–water partition coefficient (Wildman–Crippen LogP) is 8.79. The summed E-state index contributed by atoms with van der Waals surface area (Å²) in [5.74, 6) is -0.130. The highest BCUT2D eigenvalue weighted by Crippen LogP contribution is 2.40. The lowest BCUT2D eigenvalue weighted by atomic mass is 9.85. The number of aliphatic hydroxyl groups is 1. The quantitative estimate of drug-likeness (QED) is 0.0644. The number of hydrogen-bond donors (Lipinski definition) is 4. The SMILES string of the molecule is Cc1ccsc1-c1ccc(CNC(=O)[C@@H]2C[C@@H](O)CN2C(=O)[C@@H](NC(=O)COCCn2cc(-c3ccc([C@H](C)NC(=O)C[C@@H]4N=C(c5ccc(Cl)cc5)c5c(sc(C)c5C)-n5c(C)nnc54)cc3)cn2)C(C)(C)C)cc1. The van der Waals surface area contributed by atoms with Crippen molar-refractivity contribution in [2.45, 2.75) is 112 Å². The fraction of sp³-hybridized carbons (Fsp3) is 0.368. The van der Waals surface area contributed by atoms with Crippen LogP contribution < -0.4 is 16.0 Å². The van der Waals surface area contributed by atoms with Crippen LogP contribution in [0.25, 0.3) is 26.6 Å². The fourth-order valence-corrected chi connectivity index (χ4v) is 12.0. The zero-order valence-electron chi connectivity index (χ0n) is 43.9. The van der Waals surface area contributed by atoms with Crippen molar-refractivity contribution in [2.75, 3.05) is 19.8 Å². The summed E-state index contributed by atoms with van der Waals surface area (Å²) < 4.78 is 9.52. The van der Waals surface area contributed by atoms with E-state index in [1.807, 2.05) is 118 Å². The minimum absolute atomic E-state index is 0.0211. The van der Waals surface area contributed by atoms with Gasteiger partial charge in [0.2, 0.25) is 23.6 Å². The number of amides is 4. The molecule has 3 aromatic carbocycles. The third-order valence-corrected chi connectivity index (χ3v) is 16.5. The number of aliphatic imine (C=N–C) groups is 1. The molecule has 2 aliphatic rings. The van der Waals surface area contributed by atoms with E-state index in [1.165, 1.54) is 20.2 Å². The number of rotatable bonds is 17. The molecule has 1 fully saturated rings. The van der Waals surface area contributed by atoms with Crippen molar-refractivity contribution in [3.63, 3.8) is 0 Å². The molecule has 9 rings (SSSR count). The second-order valence-corrected chi connectivity index (χ2v) is 23.2. The van der Waals surface area contributed by atoms with E-state index in [1.54, 1.807) is 33.6 Å². The fourth-order valence-electron chi connectivity index (χ4n) is 9.69. The Labute approximate surface area is 455 Å². The molecule has 1 saturated heterocycles. The van der Waals surface area contributed by atoms with Gasteiger partial charge in [0.15, 0.2) is 5.82 Å². The topological polar surface area (TPSA) is 198 Å². The van der Waals surface area contributed by atoms with Crippen LogP contribution in [0.5, 0.6) is 0 Å². The summed E-state index contributed by atoms with van der Waals surface area (Å²) in [4.78, 5) is 63.8. The smallest absolute Gasteiger partial charge is 0.246 e. The Morgan fingerprint density at radius 3 is 2.29 bits per heavy atom. The van der Waals surface area contributed by atoms with Gasteiger partial charge in [0.25, 0.3) is 0 Å². The Bertz CT molecular complexity index is 3280. The van der Waals surface area contributed by atoms with Crippen LogP contribution >= 0.6 is 34.3 Å². The van der Waals surface area contributed by atoms with Crippen molar-refractivity contribution < 1.29 is 29.0 Å². The number of aliphatic hydroxyl groups excluding tert-OH is 1. The molecule has 4 aromatic heterocycles. The van der Waals surface area contributed by atoms with E-state index in [0.717, 1.165) is 61.0 Å². The Morgan fingerprint density at radius 1 is 0.882 bits per heavy atom. The molecular weight excluding hydrogens is 1020 g/mol. The first kappa shape index (κ1) is 54.0. The number of halogens is 1. The van der Waals surface area contributed by atoms with Crippen molar-refractivity contribution in [3.8, 4) is 26.6 Å². The van der Waals surface area contributed by atoms with Gasteiger partial charge in [0, 0.05) is 57.2 Å². The monoisotopic (exact) mass is 1080 g/mol. The number of hydrogen-bond acceptors (Lipinski definition) is 12. The van der Waals surface area contributed by atoms with Crippen LogP contribution in [0.15, 0.2) is 102 Å². The zero-order valence-corrected chi connectivity index (χ0v) is 46.3. The summed E-state index contributed by atoms with van der Waals surface area (Å²) in [5.41, 5.74) is 9.06. The molecule has 0 radical (unpaired) electrons. The molecule has 0 saturated carbocycles. The van der Waals surface area contributed by atoms with Crippen molar-refractivity contribution in [1.29, 1.82) is 0 Å². The third kappa shape index (κ3) is 11.9. The lowest BCUT2D eigenvalue weighted by molar-refractivity contribution is -0.144. The number of aromatic nitrogens is 5. The van der Waals surface area contributed by atoms with Crippen LogP contribution in [-0.4, -0.2) is 102 Å². The molecule has 0 aliphatic carbocycles. The van der Waals surface area contributed by atoms with Gasteiger partial charge in [-0.05, 0) is 97.0 Å². The molecule has 6 heterocycles. The summed E-state index contributed by atoms with van der Waals surface area (Å²) in [7, 11) is 0. The van der Waals surface area contributed by atoms with E-state index < -0.39 is 41.5 Å². The second-order valence-electron chi connectivity index (χ2n) is 20.7. The second kappa shape index (κ2) is 22.8. The van der Waals surface area contributed by atoms with Crippen molar-refractivity contribution in [3.05, 3.63) is 152 Å². The maximum absolute atomic E-state index is 14.1. The average molecular weight is 1080 g/mol. The van der Waals surface area contributed by atoms with Crippen LogP contribution in [0, 0.1) is 33.1 Å². The Morgan fingerprint density at radius 2 is 1.59 bits per heavy atom. The minimum atomic E-state index is -0.981. The number of β-amino-alcohol motifs (C(OH)–C–C–N with tert-alkyl or cyclic N) is 1. The van der Waals surface area contributed by atoms with Gasteiger partial charge < -0.3 is 30.7 Å². The highest BCUT2D eigenvalue weighted by molar-refractivity contribution is 7.15. The van der Waals surface area contributed by atoms with E-state index in [9.17, 15) is 24.3 Å². The molecule has 0 unspecified atom stereocenters. The molecule has 4 amide bonds.